The minimum absolute atomic E-state index is 0.510. The number of nitrogens with one attached hydrogen (secondary N) is 1. The molecule has 0 bridgehead atoms. The van der Waals surface area contributed by atoms with Gasteiger partial charge in [0.25, 0.3) is 0 Å². The Kier molecular flexibility index (Phi) is 4.21. The fourth-order valence-corrected chi connectivity index (χ4v) is 1.92. The summed E-state index contributed by atoms with van der Waals surface area (Å²) in [5.74, 6) is 0.569. The Morgan fingerprint density at radius 2 is 1.89 bits per heavy atom. The van der Waals surface area contributed by atoms with Crippen molar-refractivity contribution in [3.63, 3.8) is 0 Å². The van der Waals surface area contributed by atoms with Crippen LogP contribution in [0, 0.1) is 0 Å². The van der Waals surface area contributed by atoms with E-state index in [4.69, 9.17) is 11.6 Å². The summed E-state index contributed by atoms with van der Waals surface area (Å²) in [7, 11) is 0. The number of halogens is 1. The summed E-state index contributed by atoms with van der Waals surface area (Å²) in [6, 6.07) is 12.4. The third kappa shape index (κ3) is 3.23. The second-order valence-electron chi connectivity index (χ2n) is 4.59. The molecule has 0 radical (unpaired) electrons. The van der Waals surface area contributed by atoms with E-state index >= 15 is 0 Å². The highest BCUT2D eigenvalue weighted by molar-refractivity contribution is 6.31. The van der Waals surface area contributed by atoms with Crippen molar-refractivity contribution in [1.82, 2.24) is 4.98 Å². The Hall–Kier alpha value is -1.54. The van der Waals surface area contributed by atoms with Crippen molar-refractivity contribution in [3.05, 3.63) is 58.9 Å². The second-order valence-corrected chi connectivity index (χ2v) is 4.95. The van der Waals surface area contributed by atoms with Gasteiger partial charge < -0.3 is 5.32 Å². The van der Waals surface area contributed by atoms with Crippen LogP contribution in [0.5, 0.6) is 0 Å². The zero-order valence-electron chi connectivity index (χ0n) is 10.7. The molecule has 2 aromatic rings. The Morgan fingerprint density at radius 3 is 2.50 bits per heavy atom. The quantitative estimate of drug-likeness (QED) is 0.821. The van der Waals surface area contributed by atoms with E-state index in [2.05, 4.69) is 48.4 Å². The average Bonchev–Trinajstić information content (AvgIpc) is 2.38. The van der Waals surface area contributed by atoms with Crippen molar-refractivity contribution < 1.29 is 0 Å². The molecule has 0 saturated carbocycles. The number of rotatable bonds is 4. The van der Waals surface area contributed by atoms with Crippen LogP contribution >= 0.6 is 11.6 Å². The zero-order chi connectivity index (χ0) is 13.0. The lowest BCUT2D eigenvalue weighted by Crippen LogP contribution is -2.00. The van der Waals surface area contributed by atoms with Crippen LogP contribution < -0.4 is 5.32 Å². The molecule has 0 aliphatic heterocycles. The van der Waals surface area contributed by atoms with E-state index in [1.165, 1.54) is 11.1 Å². The van der Waals surface area contributed by atoms with Gasteiger partial charge in [0.05, 0.1) is 5.69 Å². The molecule has 1 heterocycles. The number of hydrogen-bond acceptors (Lipinski definition) is 2. The fraction of sp³-hybridized carbons (Fsp3) is 0.267. The van der Waals surface area contributed by atoms with Crippen LogP contribution in [0.3, 0.4) is 0 Å². The average molecular weight is 261 g/mol. The molecule has 0 aliphatic rings. The van der Waals surface area contributed by atoms with Gasteiger partial charge in [0.15, 0.2) is 5.15 Å². The van der Waals surface area contributed by atoms with E-state index in [0.717, 1.165) is 12.2 Å². The van der Waals surface area contributed by atoms with E-state index in [1.807, 2.05) is 12.1 Å². The summed E-state index contributed by atoms with van der Waals surface area (Å²) in [5.41, 5.74) is 3.46. The number of benzene rings is 1. The van der Waals surface area contributed by atoms with E-state index in [-0.39, 0.29) is 0 Å². The molecule has 0 fully saturated rings. The Bertz CT molecular complexity index is 506. The fourth-order valence-electron chi connectivity index (χ4n) is 1.74. The van der Waals surface area contributed by atoms with Gasteiger partial charge in [-0.05, 0) is 29.2 Å². The van der Waals surface area contributed by atoms with Crippen LogP contribution in [0.2, 0.25) is 5.15 Å². The molecule has 94 valence electrons. The highest BCUT2D eigenvalue weighted by Gasteiger charge is 2.01. The van der Waals surface area contributed by atoms with Gasteiger partial charge >= 0.3 is 0 Å². The maximum atomic E-state index is 5.98. The number of nitrogens with zero attached hydrogens (tertiary/aromatic N) is 1. The molecule has 3 heteroatoms. The topological polar surface area (TPSA) is 24.9 Å². The smallest absolute Gasteiger partial charge is 0.152 e. The third-order valence-corrected chi connectivity index (χ3v) is 3.19. The Morgan fingerprint density at radius 1 is 1.17 bits per heavy atom. The van der Waals surface area contributed by atoms with Crippen LogP contribution in [0.1, 0.15) is 30.9 Å². The molecule has 0 aliphatic carbocycles. The molecule has 1 N–H and O–H groups in total. The maximum absolute atomic E-state index is 5.98. The SMILES string of the molecule is CC(C)c1ccc(CNc2cccnc2Cl)cc1. The second kappa shape index (κ2) is 5.87. The van der Waals surface area contributed by atoms with Crippen molar-refractivity contribution in [2.75, 3.05) is 5.32 Å². The number of aromatic nitrogens is 1. The molecule has 0 unspecified atom stereocenters. The van der Waals surface area contributed by atoms with E-state index in [9.17, 15) is 0 Å². The molecular weight excluding hydrogens is 244 g/mol. The maximum Gasteiger partial charge on any atom is 0.152 e. The summed E-state index contributed by atoms with van der Waals surface area (Å²) in [5, 5.41) is 3.79. The van der Waals surface area contributed by atoms with Crippen molar-refractivity contribution >= 4 is 17.3 Å². The van der Waals surface area contributed by atoms with Gasteiger partial charge in [0, 0.05) is 12.7 Å². The molecule has 1 aromatic carbocycles. The van der Waals surface area contributed by atoms with Crippen LogP contribution in [0.4, 0.5) is 5.69 Å². The molecule has 0 amide bonds. The van der Waals surface area contributed by atoms with Gasteiger partial charge in [-0.3, -0.25) is 0 Å². The Labute approximate surface area is 113 Å². The molecule has 0 spiro atoms. The molecule has 1 aromatic heterocycles. The first kappa shape index (κ1) is 12.9. The minimum atomic E-state index is 0.510. The normalized spacial score (nSPS) is 10.7. The van der Waals surface area contributed by atoms with E-state index in [0.29, 0.717) is 11.1 Å². The molecule has 0 atom stereocenters. The van der Waals surface area contributed by atoms with Crippen LogP contribution in [-0.4, -0.2) is 4.98 Å². The standard InChI is InChI=1S/C15H17ClN2/c1-11(2)13-7-5-12(6-8-13)10-18-14-4-3-9-17-15(14)16/h3-9,11,18H,10H2,1-2H3. The monoisotopic (exact) mass is 260 g/mol. The van der Waals surface area contributed by atoms with Gasteiger partial charge in [0.2, 0.25) is 0 Å². The highest BCUT2D eigenvalue weighted by atomic mass is 35.5. The van der Waals surface area contributed by atoms with Crippen LogP contribution in [-0.2, 0) is 6.54 Å². The van der Waals surface area contributed by atoms with E-state index in [1.54, 1.807) is 6.20 Å². The molecule has 2 nitrogen and oxygen atoms in total. The molecule has 18 heavy (non-hydrogen) atoms. The van der Waals surface area contributed by atoms with Crippen molar-refractivity contribution in [2.45, 2.75) is 26.3 Å². The van der Waals surface area contributed by atoms with Crippen molar-refractivity contribution in [1.29, 1.82) is 0 Å². The molecule has 2 rings (SSSR count). The molecule has 0 saturated heterocycles. The summed E-state index contributed by atoms with van der Waals surface area (Å²) in [6.45, 7) is 5.15. The largest absolute Gasteiger partial charge is 0.378 e. The predicted molar refractivity (Wildman–Crippen MR) is 77.1 cm³/mol. The number of pyridine rings is 1. The number of anilines is 1. The summed E-state index contributed by atoms with van der Waals surface area (Å²) in [6.07, 6.45) is 1.69. The summed E-state index contributed by atoms with van der Waals surface area (Å²) >= 11 is 5.98. The predicted octanol–water partition coefficient (Wildman–Crippen LogP) is 4.47. The first-order valence-corrected chi connectivity index (χ1v) is 6.48. The highest BCUT2D eigenvalue weighted by Crippen LogP contribution is 2.19. The van der Waals surface area contributed by atoms with Gasteiger partial charge in [0.1, 0.15) is 0 Å². The molecular formula is C15H17ClN2. The lowest BCUT2D eigenvalue weighted by molar-refractivity contribution is 0.865. The van der Waals surface area contributed by atoms with Crippen LogP contribution in [0.15, 0.2) is 42.6 Å². The third-order valence-electron chi connectivity index (χ3n) is 2.89. The van der Waals surface area contributed by atoms with Crippen molar-refractivity contribution in [2.24, 2.45) is 0 Å². The van der Waals surface area contributed by atoms with Gasteiger partial charge in [-0.15, -0.1) is 0 Å². The van der Waals surface area contributed by atoms with Crippen LogP contribution in [0.25, 0.3) is 0 Å². The summed E-state index contributed by atoms with van der Waals surface area (Å²) < 4.78 is 0. The Balaban J connectivity index is 2.00. The van der Waals surface area contributed by atoms with Crippen molar-refractivity contribution in [3.8, 4) is 0 Å². The first-order valence-electron chi connectivity index (χ1n) is 6.10. The van der Waals surface area contributed by atoms with Gasteiger partial charge in [-0.1, -0.05) is 49.7 Å². The van der Waals surface area contributed by atoms with Gasteiger partial charge in [-0.25, -0.2) is 4.98 Å². The summed E-state index contributed by atoms with van der Waals surface area (Å²) in [4.78, 5) is 4.03. The first-order chi connectivity index (χ1) is 8.66. The lowest BCUT2D eigenvalue weighted by Gasteiger charge is -2.09. The van der Waals surface area contributed by atoms with Gasteiger partial charge in [-0.2, -0.15) is 0 Å². The van der Waals surface area contributed by atoms with E-state index < -0.39 is 0 Å². The zero-order valence-corrected chi connectivity index (χ0v) is 11.4. The number of hydrogen-bond donors (Lipinski definition) is 1. The minimum Gasteiger partial charge on any atom is -0.378 e. The lowest BCUT2D eigenvalue weighted by atomic mass is 10.0.